The lowest BCUT2D eigenvalue weighted by molar-refractivity contribution is 0.0933. The summed E-state index contributed by atoms with van der Waals surface area (Å²) in [5.41, 5.74) is 1.87. The summed E-state index contributed by atoms with van der Waals surface area (Å²) in [5, 5.41) is 3.51. The van der Waals surface area contributed by atoms with Crippen LogP contribution in [0.2, 0.25) is 0 Å². The van der Waals surface area contributed by atoms with Gasteiger partial charge in [0.1, 0.15) is 5.75 Å². The molecule has 5 heteroatoms. The molecule has 1 N–H and O–H groups in total. The fourth-order valence-electron chi connectivity index (χ4n) is 3.76. The van der Waals surface area contributed by atoms with Crippen LogP contribution < -0.4 is 10.1 Å². The van der Waals surface area contributed by atoms with E-state index in [4.69, 9.17) is 4.74 Å². The van der Waals surface area contributed by atoms with E-state index >= 15 is 0 Å². The predicted molar refractivity (Wildman–Crippen MR) is 102 cm³/mol. The molecule has 0 aliphatic carbocycles. The zero-order chi connectivity index (χ0) is 16.1. The summed E-state index contributed by atoms with van der Waals surface area (Å²) in [5.74, 6) is 0.972. The highest BCUT2D eigenvalue weighted by atomic mass is 35.5. The Hall–Kier alpha value is -0.810. The molecule has 1 aromatic rings. The first-order chi connectivity index (χ1) is 11.2. The molecular weight excluding hydrogens is 322 g/mol. The van der Waals surface area contributed by atoms with Gasteiger partial charge in [-0.15, -0.1) is 12.4 Å². The second-order valence-electron chi connectivity index (χ2n) is 7.37. The third-order valence-electron chi connectivity index (χ3n) is 5.17. The van der Waals surface area contributed by atoms with Gasteiger partial charge in [-0.3, -0.25) is 4.90 Å². The molecule has 1 aromatic carbocycles. The number of halogens is 1. The molecule has 0 saturated carbocycles. The highest BCUT2D eigenvalue weighted by Gasteiger charge is 2.31. The first-order valence-electron chi connectivity index (χ1n) is 9.04. The molecule has 1 unspecified atom stereocenters. The third kappa shape index (κ3) is 5.35. The lowest BCUT2D eigenvalue weighted by atomic mass is 9.89. The van der Waals surface area contributed by atoms with Gasteiger partial charge in [-0.25, -0.2) is 0 Å². The van der Waals surface area contributed by atoms with E-state index in [2.05, 4.69) is 46.3 Å². The summed E-state index contributed by atoms with van der Waals surface area (Å²) in [4.78, 5) is 5.23. The Morgan fingerprint density at radius 1 is 1.08 bits per heavy atom. The van der Waals surface area contributed by atoms with Gasteiger partial charge in [0.15, 0.2) is 0 Å². The minimum atomic E-state index is 0. The SMILES string of the molecule is CCOc1ccc(CN2CCN(CC3(C)CCNC3)CC2)cc1.Cl. The number of hydrogen-bond acceptors (Lipinski definition) is 4. The van der Waals surface area contributed by atoms with Gasteiger partial charge in [0.05, 0.1) is 6.61 Å². The largest absolute Gasteiger partial charge is 0.494 e. The monoisotopic (exact) mass is 353 g/mol. The molecule has 2 heterocycles. The van der Waals surface area contributed by atoms with E-state index in [-0.39, 0.29) is 12.4 Å². The van der Waals surface area contributed by atoms with Crippen LogP contribution in [0.25, 0.3) is 0 Å². The summed E-state index contributed by atoms with van der Waals surface area (Å²) in [6, 6.07) is 8.57. The number of ether oxygens (including phenoxy) is 1. The van der Waals surface area contributed by atoms with Crippen LogP contribution in [-0.2, 0) is 6.54 Å². The predicted octanol–water partition coefficient (Wildman–Crippen LogP) is 2.62. The number of benzene rings is 1. The summed E-state index contributed by atoms with van der Waals surface area (Å²) >= 11 is 0. The number of hydrogen-bond donors (Lipinski definition) is 1. The van der Waals surface area contributed by atoms with Gasteiger partial charge >= 0.3 is 0 Å². The molecule has 0 amide bonds. The fourth-order valence-corrected chi connectivity index (χ4v) is 3.76. The second kappa shape index (κ2) is 9.04. The molecule has 4 nitrogen and oxygen atoms in total. The minimum absolute atomic E-state index is 0. The van der Waals surface area contributed by atoms with Crippen molar-refractivity contribution in [3.05, 3.63) is 29.8 Å². The van der Waals surface area contributed by atoms with Crippen LogP contribution in [0.5, 0.6) is 5.75 Å². The van der Waals surface area contributed by atoms with Gasteiger partial charge in [0.2, 0.25) is 0 Å². The molecule has 2 saturated heterocycles. The van der Waals surface area contributed by atoms with E-state index in [1.54, 1.807) is 0 Å². The van der Waals surface area contributed by atoms with Crippen molar-refractivity contribution in [1.29, 1.82) is 0 Å². The Bertz CT molecular complexity index is 480. The minimum Gasteiger partial charge on any atom is -0.494 e. The Morgan fingerprint density at radius 2 is 1.75 bits per heavy atom. The van der Waals surface area contributed by atoms with Crippen molar-refractivity contribution in [3.8, 4) is 5.75 Å². The number of piperazine rings is 1. The van der Waals surface area contributed by atoms with E-state index in [0.29, 0.717) is 5.41 Å². The zero-order valence-electron chi connectivity index (χ0n) is 15.1. The Labute approximate surface area is 153 Å². The van der Waals surface area contributed by atoms with Gasteiger partial charge in [0.25, 0.3) is 0 Å². The van der Waals surface area contributed by atoms with Crippen LogP contribution in [0, 0.1) is 5.41 Å². The standard InChI is InChI=1S/C19H31N3O.ClH/c1-3-23-18-6-4-17(5-7-18)14-21-10-12-22(13-11-21)16-19(2)8-9-20-15-19;/h4-7,20H,3,8-16H2,1-2H3;1H. The first-order valence-corrected chi connectivity index (χ1v) is 9.04. The van der Waals surface area contributed by atoms with Crippen molar-refractivity contribution in [2.45, 2.75) is 26.8 Å². The topological polar surface area (TPSA) is 27.7 Å². The van der Waals surface area contributed by atoms with E-state index in [0.717, 1.165) is 18.9 Å². The quantitative estimate of drug-likeness (QED) is 0.850. The smallest absolute Gasteiger partial charge is 0.119 e. The summed E-state index contributed by atoms with van der Waals surface area (Å²) in [6.45, 7) is 14.6. The Morgan fingerprint density at radius 3 is 2.33 bits per heavy atom. The number of nitrogens with zero attached hydrogens (tertiary/aromatic N) is 2. The van der Waals surface area contributed by atoms with Gasteiger partial charge in [-0.2, -0.15) is 0 Å². The fraction of sp³-hybridized carbons (Fsp3) is 0.684. The maximum absolute atomic E-state index is 5.51. The number of rotatable bonds is 6. The normalized spacial score (nSPS) is 25.4. The Balaban J connectivity index is 0.00000208. The molecule has 24 heavy (non-hydrogen) atoms. The average Bonchev–Trinajstić information content (AvgIpc) is 2.98. The van der Waals surface area contributed by atoms with Crippen LogP contribution in [0.4, 0.5) is 0 Å². The van der Waals surface area contributed by atoms with Crippen LogP contribution in [0.1, 0.15) is 25.8 Å². The molecule has 136 valence electrons. The molecule has 0 spiro atoms. The molecule has 3 rings (SSSR count). The van der Waals surface area contributed by atoms with Gasteiger partial charge in [-0.05, 0) is 43.0 Å². The molecule has 0 radical (unpaired) electrons. The molecule has 1 atom stereocenters. The molecule has 2 aliphatic heterocycles. The van der Waals surface area contributed by atoms with Crippen molar-refractivity contribution in [1.82, 2.24) is 15.1 Å². The number of nitrogens with one attached hydrogen (secondary N) is 1. The molecule has 2 aliphatic rings. The lowest BCUT2D eigenvalue weighted by Gasteiger charge is -2.38. The van der Waals surface area contributed by atoms with Crippen molar-refractivity contribution in [3.63, 3.8) is 0 Å². The lowest BCUT2D eigenvalue weighted by Crippen LogP contribution is -2.49. The summed E-state index contributed by atoms with van der Waals surface area (Å²) in [6.07, 6.45) is 1.32. The maximum Gasteiger partial charge on any atom is 0.119 e. The van der Waals surface area contributed by atoms with Crippen LogP contribution in [-0.4, -0.2) is 62.2 Å². The Kier molecular flexibility index (Phi) is 7.35. The van der Waals surface area contributed by atoms with Crippen molar-refractivity contribution < 1.29 is 4.74 Å². The van der Waals surface area contributed by atoms with Crippen LogP contribution in [0.3, 0.4) is 0 Å². The van der Waals surface area contributed by atoms with E-state index in [9.17, 15) is 0 Å². The van der Waals surface area contributed by atoms with Gasteiger partial charge < -0.3 is 15.0 Å². The summed E-state index contributed by atoms with van der Waals surface area (Å²) in [7, 11) is 0. The van der Waals surface area contributed by atoms with Crippen molar-refractivity contribution >= 4 is 12.4 Å². The molecule has 0 aromatic heterocycles. The molecule has 0 bridgehead atoms. The summed E-state index contributed by atoms with van der Waals surface area (Å²) < 4.78 is 5.51. The van der Waals surface area contributed by atoms with E-state index < -0.39 is 0 Å². The van der Waals surface area contributed by atoms with Gasteiger partial charge in [0, 0.05) is 45.8 Å². The first kappa shape index (κ1) is 19.5. The van der Waals surface area contributed by atoms with Crippen LogP contribution in [0.15, 0.2) is 24.3 Å². The van der Waals surface area contributed by atoms with Gasteiger partial charge in [-0.1, -0.05) is 19.1 Å². The second-order valence-corrected chi connectivity index (χ2v) is 7.37. The van der Waals surface area contributed by atoms with Crippen LogP contribution >= 0.6 is 12.4 Å². The average molecular weight is 354 g/mol. The van der Waals surface area contributed by atoms with Crippen molar-refractivity contribution in [2.75, 3.05) is 52.4 Å². The maximum atomic E-state index is 5.51. The third-order valence-corrected chi connectivity index (χ3v) is 5.17. The zero-order valence-corrected chi connectivity index (χ0v) is 15.9. The highest BCUT2D eigenvalue weighted by molar-refractivity contribution is 5.85. The van der Waals surface area contributed by atoms with E-state index in [1.807, 2.05) is 6.92 Å². The van der Waals surface area contributed by atoms with Crippen molar-refractivity contribution in [2.24, 2.45) is 5.41 Å². The molecular formula is C19H32ClN3O. The highest BCUT2D eigenvalue weighted by Crippen LogP contribution is 2.26. The molecule has 2 fully saturated rings. The van der Waals surface area contributed by atoms with E-state index in [1.165, 1.54) is 57.8 Å².